The molecule has 11 heteroatoms. The monoisotopic (exact) mass is 658 g/mol. The van der Waals surface area contributed by atoms with E-state index in [2.05, 4.69) is 61.5 Å². The first-order valence-electron chi connectivity index (χ1n) is 15.9. The van der Waals surface area contributed by atoms with Crippen LogP contribution in [0.3, 0.4) is 0 Å². The Bertz CT molecular complexity index is 1360. The zero-order chi connectivity index (χ0) is 33.0. The first-order chi connectivity index (χ1) is 21.4. The zero-order valence-corrected chi connectivity index (χ0v) is 30.2. The van der Waals surface area contributed by atoms with Crippen molar-refractivity contribution in [3.05, 3.63) is 53.6 Å². The summed E-state index contributed by atoms with van der Waals surface area (Å²) in [5.41, 5.74) is 5.24. The second-order valence-electron chi connectivity index (χ2n) is 12.7. The van der Waals surface area contributed by atoms with Crippen molar-refractivity contribution in [2.24, 2.45) is 5.92 Å². The number of rotatable bonds is 19. The van der Waals surface area contributed by atoms with Gasteiger partial charge in [0.2, 0.25) is 5.91 Å². The number of ether oxygens (including phenoxy) is 1. The predicted molar refractivity (Wildman–Crippen MR) is 192 cm³/mol. The lowest BCUT2D eigenvalue weighted by Gasteiger charge is -2.24. The lowest BCUT2D eigenvalue weighted by Crippen LogP contribution is -2.44. The molecule has 1 aromatic carbocycles. The fourth-order valence-corrected chi connectivity index (χ4v) is 6.12. The third kappa shape index (κ3) is 11.5. The van der Waals surface area contributed by atoms with E-state index < -0.39 is 16.1 Å². The van der Waals surface area contributed by atoms with Crippen LogP contribution in [0.25, 0.3) is 11.1 Å². The molecule has 3 aromatic rings. The number of aromatic nitrogens is 4. The average Bonchev–Trinajstić information content (AvgIpc) is 3.58. The van der Waals surface area contributed by atoms with E-state index in [0.717, 1.165) is 66.3 Å². The number of thioether (sulfide) groups is 1. The maximum Gasteiger partial charge on any atom is 0.270 e. The number of hydrogen-bond acceptors (Lipinski definition) is 6. The van der Waals surface area contributed by atoms with E-state index in [9.17, 15) is 9.59 Å². The van der Waals surface area contributed by atoms with Crippen LogP contribution in [0.2, 0.25) is 0 Å². The summed E-state index contributed by atoms with van der Waals surface area (Å²) < 4.78 is 9.57. The Labute approximate surface area is 276 Å². The molecule has 2 aromatic heterocycles. The molecule has 250 valence electrons. The summed E-state index contributed by atoms with van der Waals surface area (Å²) in [4.78, 5) is 26.8. The summed E-state index contributed by atoms with van der Waals surface area (Å²) in [5, 5.41) is 15.1. The first kappa shape index (κ1) is 36.7. The van der Waals surface area contributed by atoms with Gasteiger partial charge in [0.25, 0.3) is 5.91 Å². The van der Waals surface area contributed by atoms with Crippen molar-refractivity contribution in [2.75, 3.05) is 48.5 Å². The molecule has 45 heavy (non-hydrogen) atoms. The van der Waals surface area contributed by atoms with Gasteiger partial charge in [0, 0.05) is 35.4 Å². The van der Waals surface area contributed by atoms with Gasteiger partial charge in [-0.05, 0) is 87.1 Å². The first-order valence-corrected chi connectivity index (χ1v) is 20.4. The lowest BCUT2D eigenvalue weighted by molar-refractivity contribution is -0.118. The van der Waals surface area contributed by atoms with Crippen molar-refractivity contribution >= 4 is 39.3 Å². The largest absolute Gasteiger partial charge is 0.358 e. The molecule has 3 rings (SSSR count). The summed E-state index contributed by atoms with van der Waals surface area (Å²) in [6.07, 6.45) is 15.0. The van der Waals surface area contributed by atoms with Crippen LogP contribution in [-0.4, -0.2) is 80.6 Å². The molecule has 9 nitrogen and oxygen atoms in total. The van der Waals surface area contributed by atoms with Crippen molar-refractivity contribution in [3.63, 3.8) is 0 Å². The molecular formula is C34H54N6O3S2. The minimum Gasteiger partial charge on any atom is -0.358 e. The number of aryl methyl sites for hydroxylation is 2. The molecule has 0 spiro atoms. The van der Waals surface area contributed by atoms with Crippen LogP contribution >= 0.6 is 21.8 Å². The second-order valence-corrected chi connectivity index (χ2v) is 18.3. The standard InChI is InChI=1S/C34H54N6O3S2/c1-9-25(2)12-10-13-30(37-34(42)31-18-19-35-39(31)20-11-22-44-5)33(41)36-29-16-14-28(15-17-29)32-26(3)38-40(27(32)4)24-43-21-23-45(6,7)8/h14-19,25,30H,9-13,20-24H2,1-8H3,(H,36,41)(H,37,42)/t25-,30+/m1/s1. The van der Waals surface area contributed by atoms with Gasteiger partial charge in [0.1, 0.15) is 18.5 Å². The fraction of sp³-hybridized carbons (Fsp3) is 0.588. The number of benzene rings is 1. The normalized spacial score (nSPS) is 13.4. The Balaban J connectivity index is 1.68. The van der Waals surface area contributed by atoms with Gasteiger partial charge >= 0.3 is 0 Å². The molecule has 2 heterocycles. The Morgan fingerprint density at radius 1 is 1.04 bits per heavy atom. The SMILES string of the molecule is CC[C@@H](C)CCC[C@H](NC(=O)c1ccnn1CCCSC)C(=O)Nc1ccc(-c2c(C)nn(COCCS(C)(C)C)c2C)cc1. The quantitative estimate of drug-likeness (QED) is 0.138. The molecule has 0 aliphatic heterocycles. The third-order valence-electron chi connectivity index (χ3n) is 8.05. The van der Waals surface area contributed by atoms with Crippen molar-refractivity contribution in [3.8, 4) is 11.1 Å². The summed E-state index contributed by atoms with van der Waals surface area (Å²) in [6.45, 7) is 10.3. The smallest absolute Gasteiger partial charge is 0.270 e. The van der Waals surface area contributed by atoms with E-state index in [1.807, 2.05) is 35.9 Å². The predicted octanol–water partition coefficient (Wildman–Crippen LogP) is 6.74. The highest BCUT2D eigenvalue weighted by Gasteiger charge is 2.24. The summed E-state index contributed by atoms with van der Waals surface area (Å²) in [7, 11) is -0.594. The molecule has 2 atom stereocenters. The highest BCUT2D eigenvalue weighted by molar-refractivity contribution is 8.32. The van der Waals surface area contributed by atoms with Crippen molar-refractivity contribution in [2.45, 2.75) is 79.1 Å². The Hall–Kier alpha value is -2.76. The van der Waals surface area contributed by atoms with Gasteiger partial charge in [-0.3, -0.25) is 14.3 Å². The van der Waals surface area contributed by atoms with E-state index in [1.54, 1.807) is 28.7 Å². The molecule has 0 unspecified atom stereocenters. The van der Waals surface area contributed by atoms with Crippen LogP contribution in [-0.2, 0) is 22.8 Å². The molecule has 2 amide bonds. The number of amides is 2. The Morgan fingerprint density at radius 2 is 1.78 bits per heavy atom. The minimum absolute atomic E-state index is 0.219. The molecule has 0 bridgehead atoms. The van der Waals surface area contributed by atoms with Crippen LogP contribution in [0.15, 0.2) is 36.5 Å². The van der Waals surface area contributed by atoms with Crippen LogP contribution in [0.5, 0.6) is 0 Å². The third-order valence-corrected chi connectivity index (χ3v) is 10.1. The molecular weight excluding hydrogens is 605 g/mol. The van der Waals surface area contributed by atoms with E-state index in [0.29, 0.717) is 37.0 Å². The minimum atomic E-state index is -0.654. The van der Waals surface area contributed by atoms with Crippen molar-refractivity contribution in [1.82, 2.24) is 24.9 Å². The number of carbonyl (C=O) groups is 2. The van der Waals surface area contributed by atoms with Crippen LogP contribution in [0, 0.1) is 19.8 Å². The van der Waals surface area contributed by atoms with E-state index in [4.69, 9.17) is 9.84 Å². The molecule has 0 saturated carbocycles. The van der Waals surface area contributed by atoms with E-state index in [-0.39, 0.29) is 11.8 Å². The number of anilines is 1. The molecule has 2 N–H and O–H groups in total. The molecule has 0 saturated heterocycles. The Kier molecular flexibility index (Phi) is 14.5. The van der Waals surface area contributed by atoms with Gasteiger partial charge in [-0.15, -0.1) is 0 Å². The van der Waals surface area contributed by atoms with Gasteiger partial charge < -0.3 is 15.4 Å². The molecule has 0 radical (unpaired) electrons. The van der Waals surface area contributed by atoms with Gasteiger partial charge in [-0.1, -0.05) is 45.2 Å². The van der Waals surface area contributed by atoms with Gasteiger partial charge in [-0.2, -0.15) is 22.0 Å². The van der Waals surface area contributed by atoms with Crippen LogP contribution in [0.4, 0.5) is 5.69 Å². The summed E-state index contributed by atoms with van der Waals surface area (Å²) in [5.74, 6) is 2.14. The number of hydrogen-bond donors (Lipinski definition) is 2. The van der Waals surface area contributed by atoms with Crippen LogP contribution in [0.1, 0.15) is 67.8 Å². The molecule has 0 aliphatic carbocycles. The fourth-order valence-electron chi connectivity index (χ4n) is 5.09. The summed E-state index contributed by atoms with van der Waals surface area (Å²) >= 11 is 1.77. The number of nitrogens with zero attached hydrogens (tertiary/aromatic N) is 4. The average molecular weight is 659 g/mol. The van der Waals surface area contributed by atoms with E-state index in [1.165, 1.54) is 0 Å². The van der Waals surface area contributed by atoms with Crippen molar-refractivity contribution in [1.29, 1.82) is 0 Å². The van der Waals surface area contributed by atoms with Gasteiger partial charge in [0.15, 0.2) is 0 Å². The summed E-state index contributed by atoms with van der Waals surface area (Å²) in [6, 6.07) is 8.88. The number of nitrogens with one attached hydrogen (secondary N) is 2. The van der Waals surface area contributed by atoms with Gasteiger partial charge in [-0.25, -0.2) is 14.7 Å². The second kappa shape index (κ2) is 17.8. The zero-order valence-electron chi connectivity index (χ0n) is 28.5. The maximum absolute atomic E-state index is 13.5. The molecule has 0 fully saturated rings. The molecule has 0 aliphatic rings. The highest BCUT2D eigenvalue weighted by Crippen LogP contribution is 2.33. The highest BCUT2D eigenvalue weighted by atomic mass is 32.3. The lowest BCUT2D eigenvalue weighted by atomic mass is 9.99. The number of carbonyl (C=O) groups excluding carboxylic acids is 2. The maximum atomic E-state index is 13.5. The van der Waals surface area contributed by atoms with Crippen molar-refractivity contribution < 1.29 is 14.3 Å². The van der Waals surface area contributed by atoms with E-state index >= 15 is 0 Å². The van der Waals surface area contributed by atoms with Gasteiger partial charge in [0.05, 0.1) is 12.3 Å². The topological polar surface area (TPSA) is 103 Å². The van der Waals surface area contributed by atoms with Crippen LogP contribution < -0.4 is 10.6 Å². The Morgan fingerprint density at radius 3 is 2.44 bits per heavy atom.